The quantitative estimate of drug-likeness (QED) is 0.750. The average molecular weight is 209 g/mol. The number of carbonyl (C=O) groups is 1. The standard InChI is InChI=1S/C10H15N3O2/c1-7-2-4-11-9(7)10(14)12-6-8-3-5-15-13-8/h3,5,7,9,11H,2,4,6H2,1H3,(H,12,14). The highest BCUT2D eigenvalue weighted by Gasteiger charge is 2.28. The number of aromatic nitrogens is 1. The molecule has 0 radical (unpaired) electrons. The van der Waals surface area contributed by atoms with E-state index in [1.165, 1.54) is 6.26 Å². The third kappa shape index (κ3) is 2.36. The van der Waals surface area contributed by atoms with Gasteiger partial charge in [0.25, 0.3) is 0 Å². The molecule has 0 aliphatic carbocycles. The molecular formula is C10H15N3O2. The Kier molecular flexibility index (Phi) is 3.01. The van der Waals surface area contributed by atoms with Gasteiger partial charge in [-0.3, -0.25) is 4.79 Å². The van der Waals surface area contributed by atoms with Gasteiger partial charge < -0.3 is 15.2 Å². The molecule has 1 aliphatic heterocycles. The van der Waals surface area contributed by atoms with E-state index < -0.39 is 0 Å². The lowest BCUT2D eigenvalue weighted by atomic mass is 10.0. The van der Waals surface area contributed by atoms with Crippen LogP contribution in [0.4, 0.5) is 0 Å². The lowest BCUT2D eigenvalue weighted by Gasteiger charge is -2.14. The summed E-state index contributed by atoms with van der Waals surface area (Å²) in [5.41, 5.74) is 0.744. The van der Waals surface area contributed by atoms with Crippen LogP contribution in [0.2, 0.25) is 0 Å². The maximum atomic E-state index is 11.7. The average Bonchev–Trinajstić information content (AvgIpc) is 2.84. The van der Waals surface area contributed by atoms with Crippen LogP contribution in [0, 0.1) is 5.92 Å². The molecule has 5 heteroatoms. The molecule has 1 amide bonds. The molecule has 15 heavy (non-hydrogen) atoms. The van der Waals surface area contributed by atoms with Crippen molar-refractivity contribution in [2.24, 2.45) is 5.92 Å². The van der Waals surface area contributed by atoms with Crippen molar-refractivity contribution in [2.45, 2.75) is 25.9 Å². The zero-order valence-corrected chi connectivity index (χ0v) is 8.69. The van der Waals surface area contributed by atoms with Crippen LogP contribution in [0.5, 0.6) is 0 Å². The Morgan fingerprint density at radius 3 is 3.27 bits per heavy atom. The van der Waals surface area contributed by atoms with Gasteiger partial charge in [-0.25, -0.2) is 0 Å². The summed E-state index contributed by atoms with van der Waals surface area (Å²) in [6, 6.07) is 1.68. The highest BCUT2D eigenvalue weighted by atomic mass is 16.5. The molecule has 1 aromatic rings. The number of nitrogens with zero attached hydrogens (tertiary/aromatic N) is 1. The van der Waals surface area contributed by atoms with Crippen LogP contribution >= 0.6 is 0 Å². The van der Waals surface area contributed by atoms with Crippen molar-refractivity contribution in [3.8, 4) is 0 Å². The zero-order valence-electron chi connectivity index (χ0n) is 8.69. The zero-order chi connectivity index (χ0) is 10.7. The number of amides is 1. The highest BCUT2D eigenvalue weighted by molar-refractivity contribution is 5.82. The molecule has 1 fully saturated rings. The number of hydrogen-bond acceptors (Lipinski definition) is 4. The largest absolute Gasteiger partial charge is 0.364 e. The molecule has 0 aromatic carbocycles. The third-order valence-electron chi connectivity index (χ3n) is 2.75. The maximum Gasteiger partial charge on any atom is 0.237 e. The van der Waals surface area contributed by atoms with E-state index in [-0.39, 0.29) is 11.9 Å². The second-order valence-electron chi connectivity index (χ2n) is 3.91. The summed E-state index contributed by atoms with van der Waals surface area (Å²) in [6.45, 7) is 3.43. The molecule has 0 saturated carbocycles. The summed E-state index contributed by atoms with van der Waals surface area (Å²) in [6.07, 6.45) is 2.56. The van der Waals surface area contributed by atoms with E-state index in [1.54, 1.807) is 6.07 Å². The molecule has 5 nitrogen and oxygen atoms in total. The van der Waals surface area contributed by atoms with Gasteiger partial charge in [-0.1, -0.05) is 12.1 Å². The normalized spacial score (nSPS) is 25.4. The second-order valence-corrected chi connectivity index (χ2v) is 3.91. The summed E-state index contributed by atoms with van der Waals surface area (Å²) >= 11 is 0. The van der Waals surface area contributed by atoms with Crippen LogP contribution in [0.15, 0.2) is 16.9 Å². The molecule has 2 unspecified atom stereocenters. The summed E-state index contributed by atoms with van der Waals surface area (Å²) in [5.74, 6) is 0.449. The van der Waals surface area contributed by atoms with Crippen molar-refractivity contribution in [1.29, 1.82) is 0 Å². The van der Waals surface area contributed by atoms with Gasteiger partial charge in [0.1, 0.15) is 12.0 Å². The first kappa shape index (κ1) is 10.2. The topological polar surface area (TPSA) is 67.2 Å². The summed E-state index contributed by atoms with van der Waals surface area (Å²) in [5, 5.41) is 9.74. The summed E-state index contributed by atoms with van der Waals surface area (Å²) in [7, 11) is 0. The molecule has 2 rings (SSSR count). The first-order chi connectivity index (χ1) is 7.27. The van der Waals surface area contributed by atoms with Crippen LogP contribution in [-0.4, -0.2) is 23.7 Å². The Hall–Kier alpha value is -1.36. The van der Waals surface area contributed by atoms with Crippen molar-refractivity contribution in [3.05, 3.63) is 18.0 Å². The van der Waals surface area contributed by atoms with Crippen molar-refractivity contribution in [1.82, 2.24) is 15.8 Å². The number of rotatable bonds is 3. The Morgan fingerprint density at radius 2 is 2.67 bits per heavy atom. The molecule has 1 saturated heterocycles. The SMILES string of the molecule is CC1CCNC1C(=O)NCc1ccon1. The first-order valence-corrected chi connectivity index (χ1v) is 5.17. The summed E-state index contributed by atoms with van der Waals surface area (Å²) in [4.78, 5) is 11.7. The fraction of sp³-hybridized carbons (Fsp3) is 0.600. The first-order valence-electron chi connectivity index (χ1n) is 5.17. The molecule has 2 N–H and O–H groups in total. The molecule has 0 spiro atoms. The van der Waals surface area contributed by atoms with Crippen molar-refractivity contribution >= 4 is 5.91 Å². The van der Waals surface area contributed by atoms with Gasteiger partial charge in [0.2, 0.25) is 5.91 Å². The van der Waals surface area contributed by atoms with E-state index in [0.29, 0.717) is 12.5 Å². The Labute approximate surface area is 88.2 Å². The van der Waals surface area contributed by atoms with E-state index in [4.69, 9.17) is 0 Å². The van der Waals surface area contributed by atoms with Crippen molar-refractivity contribution in [3.63, 3.8) is 0 Å². The molecule has 2 atom stereocenters. The smallest absolute Gasteiger partial charge is 0.237 e. The lowest BCUT2D eigenvalue weighted by molar-refractivity contribution is -0.123. The Morgan fingerprint density at radius 1 is 1.80 bits per heavy atom. The van der Waals surface area contributed by atoms with E-state index in [2.05, 4.69) is 27.2 Å². The van der Waals surface area contributed by atoms with Gasteiger partial charge in [0, 0.05) is 6.07 Å². The monoisotopic (exact) mass is 209 g/mol. The van der Waals surface area contributed by atoms with Gasteiger partial charge in [-0.2, -0.15) is 0 Å². The number of hydrogen-bond donors (Lipinski definition) is 2. The van der Waals surface area contributed by atoms with Crippen LogP contribution in [0.1, 0.15) is 19.0 Å². The van der Waals surface area contributed by atoms with E-state index in [1.807, 2.05) is 0 Å². The van der Waals surface area contributed by atoms with Crippen LogP contribution in [-0.2, 0) is 11.3 Å². The minimum absolute atomic E-state index is 0.0444. The van der Waals surface area contributed by atoms with Gasteiger partial charge >= 0.3 is 0 Å². The second kappa shape index (κ2) is 4.44. The minimum Gasteiger partial charge on any atom is -0.364 e. The van der Waals surface area contributed by atoms with E-state index in [0.717, 1.165) is 18.7 Å². The minimum atomic E-state index is -0.0584. The van der Waals surface area contributed by atoms with Crippen molar-refractivity contribution in [2.75, 3.05) is 6.54 Å². The molecule has 82 valence electrons. The van der Waals surface area contributed by atoms with Crippen LogP contribution < -0.4 is 10.6 Å². The maximum absolute atomic E-state index is 11.7. The van der Waals surface area contributed by atoms with Crippen LogP contribution in [0.3, 0.4) is 0 Å². The van der Waals surface area contributed by atoms with Crippen molar-refractivity contribution < 1.29 is 9.32 Å². The predicted octanol–water partition coefficient (Wildman–Crippen LogP) is 0.289. The fourth-order valence-electron chi connectivity index (χ4n) is 1.80. The molecule has 2 heterocycles. The van der Waals surface area contributed by atoms with E-state index >= 15 is 0 Å². The molecule has 1 aliphatic rings. The van der Waals surface area contributed by atoms with Gasteiger partial charge in [0.05, 0.1) is 12.6 Å². The Balaban J connectivity index is 1.82. The molecule has 1 aromatic heterocycles. The predicted molar refractivity (Wildman–Crippen MR) is 53.9 cm³/mol. The number of carbonyl (C=O) groups excluding carboxylic acids is 1. The molecule has 0 bridgehead atoms. The Bertz CT molecular complexity index is 323. The summed E-state index contributed by atoms with van der Waals surface area (Å²) < 4.78 is 4.68. The lowest BCUT2D eigenvalue weighted by Crippen LogP contribution is -2.42. The highest BCUT2D eigenvalue weighted by Crippen LogP contribution is 2.14. The number of nitrogens with one attached hydrogen (secondary N) is 2. The van der Waals surface area contributed by atoms with Crippen LogP contribution in [0.25, 0.3) is 0 Å². The molecular weight excluding hydrogens is 194 g/mol. The van der Waals surface area contributed by atoms with Gasteiger partial charge in [-0.05, 0) is 18.9 Å². The van der Waals surface area contributed by atoms with Gasteiger partial charge in [0.15, 0.2) is 0 Å². The third-order valence-corrected chi connectivity index (χ3v) is 2.75. The van der Waals surface area contributed by atoms with E-state index in [9.17, 15) is 4.79 Å². The van der Waals surface area contributed by atoms with Gasteiger partial charge in [-0.15, -0.1) is 0 Å². The fourth-order valence-corrected chi connectivity index (χ4v) is 1.80.